The van der Waals surface area contributed by atoms with Gasteiger partial charge in [0.25, 0.3) is 5.91 Å². The number of amides is 2. The Morgan fingerprint density at radius 3 is 2.57 bits per heavy atom. The number of nitrogen functional groups attached to an aromatic ring is 1. The SMILES string of the molecule is CN1CCC(COC(=O)N2CCC(CCCc3nc(N)c4ncn([C@@H]5O[C@H](C(=O)NC6CC6)C(O)[C@@H]5O)c4n3)CC2)C1. The first-order valence-corrected chi connectivity index (χ1v) is 15.2. The lowest BCUT2D eigenvalue weighted by molar-refractivity contribution is -0.137. The number of piperidine rings is 1. The van der Waals surface area contributed by atoms with Gasteiger partial charge in [-0.15, -0.1) is 0 Å². The summed E-state index contributed by atoms with van der Waals surface area (Å²) in [7, 11) is 2.09. The van der Waals surface area contributed by atoms with E-state index in [0.717, 1.165) is 58.0 Å². The first-order chi connectivity index (χ1) is 20.3. The molecule has 14 nitrogen and oxygen atoms in total. The van der Waals surface area contributed by atoms with Crippen LogP contribution in [-0.2, 0) is 20.7 Å². The molecule has 4 fully saturated rings. The minimum atomic E-state index is -1.38. The minimum Gasteiger partial charge on any atom is -0.449 e. The molecule has 1 aliphatic carbocycles. The van der Waals surface area contributed by atoms with Crippen LogP contribution in [0.3, 0.4) is 0 Å². The van der Waals surface area contributed by atoms with Crippen LogP contribution >= 0.6 is 0 Å². The summed E-state index contributed by atoms with van der Waals surface area (Å²) in [5.74, 6) is 1.28. The van der Waals surface area contributed by atoms with Crippen molar-refractivity contribution in [3.05, 3.63) is 12.2 Å². The summed E-state index contributed by atoms with van der Waals surface area (Å²) in [6, 6.07) is 0.103. The highest BCUT2D eigenvalue weighted by Gasteiger charge is 2.48. The fourth-order valence-electron chi connectivity index (χ4n) is 6.30. The molecule has 2 amide bonds. The highest BCUT2D eigenvalue weighted by molar-refractivity contribution is 5.83. The van der Waals surface area contributed by atoms with E-state index in [-0.39, 0.29) is 18.0 Å². The molecule has 3 saturated heterocycles. The standard InChI is InChI=1S/C28H42N8O6/c1-34-10-7-17(13-34)14-41-28(40)35-11-8-16(9-12-35)3-2-4-19-32-24(29)20-25(33-19)36(15-30-20)27-22(38)21(37)23(42-27)26(39)31-18-5-6-18/h15-18,21-23,27,37-38H,2-14H2,1H3,(H,31,39)(H2,29,32,33)/t17?,21?,22-,23-,27+/m0/s1. The van der Waals surface area contributed by atoms with Crippen LogP contribution in [0, 0.1) is 11.8 Å². The van der Waals surface area contributed by atoms with Crippen molar-refractivity contribution in [2.24, 2.45) is 11.8 Å². The third-order valence-electron chi connectivity index (χ3n) is 9.01. The number of carbonyl (C=O) groups is 2. The molecule has 2 unspecified atom stereocenters. The predicted octanol–water partition coefficient (Wildman–Crippen LogP) is 0.429. The molecule has 0 bridgehead atoms. The van der Waals surface area contributed by atoms with E-state index in [2.05, 4.69) is 32.2 Å². The normalized spacial score (nSPS) is 28.9. The summed E-state index contributed by atoms with van der Waals surface area (Å²) < 4.78 is 12.9. The topological polar surface area (TPSA) is 181 Å². The molecule has 42 heavy (non-hydrogen) atoms. The fourth-order valence-corrected chi connectivity index (χ4v) is 6.30. The first-order valence-electron chi connectivity index (χ1n) is 15.2. The molecular formula is C28H42N8O6. The molecule has 230 valence electrons. The number of aromatic nitrogens is 4. The van der Waals surface area contributed by atoms with Gasteiger partial charge in [0, 0.05) is 38.0 Å². The van der Waals surface area contributed by atoms with Gasteiger partial charge in [-0.1, -0.05) is 0 Å². The highest BCUT2D eigenvalue weighted by Crippen LogP contribution is 2.33. The van der Waals surface area contributed by atoms with E-state index >= 15 is 0 Å². The van der Waals surface area contributed by atoms with Gasteiger partial charge in [-0.05, 0) is 64.5 Å². The molecule has 0 aromatic carbocycles. The van der Waals surface area contributed by atoms with Crippen molar-refractivity contribution in [1.82, 2.24) is 34.6 Å². The van der Waals surface area contributed by atoms with E-state index in [1.165, 1.54) is 10.9 Å². The Hall–Kier alpha value is -3.07. The van der Waals surface area contributed by atoms with Gasteiger partial charge in [-0.2, -0.15) is 0 Å². The van der Waals surface area contributed by atoms with Crippen molar-refractivity contribution in [3.8, 4) is 0 Å². The second-order valence-electron chi connectivity index (χ2n) is 12.4. The number of nitrogens with one attached hydrogen (secondary N) is 1. The Labute approximate surface area is 244 Å². The van der Waals surface area contributed by atoms with Crippen molar-refractivity contribution in [2.75, 3.05) is 45.6 Å². The molecule has 5 atom stereocenters. The number of nitrogens with two attached hydrogens (primary N) is 1. The number of rotatable bonds is 9. The van der Waals surface area contributed by atoms with Crippen molar-refractivity contribution >= 4 is 29.0 Å². The van der Waals surface area contributed by atoms with Gasteiger partial charge in [0.05, 0.1) is 12.9 Å². The number of carbonyl (C=O) groups excluding carboxylic acids is 2. The molecule has 5 heterocycles. The van der Waals surface area contributed by atoms with Gasteiger partial charge >= 0.3 is 6.09 Å². The Morgan fingerprint density at radius 2 is 1.86 bits per heavy atom. The van der Waals surface area contributed by atoms with E-state index < -0.39 is 30.4 Å². The number of ether oxygens (including phenoxy) is 2. The van der Waals surface area contributed by atoms with E-state index in [9.17, 15) is 19.8 Å². The average molecular weight is 587 g/mol. The molecule has 2 aromatic rings. The third-order valence-corrected chi connectivity index (χ3v) is 9.01. The summed E-state index contributed by atoms with van der Waals surface area (Å²) in [6.07, 6.45) is 3.47. The van der Waals surface area contributed by atoms with Crippen LogP contribution in [0.4, 0.5) is 10.6 Å². The fraction of sp³-hybridized carbons (Fsp3) is 0.750. The zero-order valence-corrected chi connectivity index (χ0v) is 24.1. The van der Waals surface area contributed by atoms with Crippen molar-refractivity contribution in [3.63, 3.8) is 0 Å². The van der Waals surface area contributed by atoms with Gasteiger partial charge in [0.2, 0.25) is 0 Å². The second-order valence-corrected chi connectivity index (χ2v) is 12.4. The highest BCUT2D eigenvalue weighted by atomic mass is 16.6. The number of anilines is 1. The van der Waals surface area contributed by atoms with Gasteiger partial charge in [0.1, 0.15) is 23.5 Å². The lowest BCUT2D eigenvalue weighted by atomic mass is 9.91. The molecule has 2 aromatic heterocycles. The van der Waals surface area contributed by atoms with E-state index in [4.69, 9.17) is 15.2 Å². The number of fused-ring (bicyclic) bond motifs is 1. The van der Waals surface area contributed by atoms with Crippen LogP contribution in [0.25, 0.3) is 11.2 Å². The number of nitrogens with zero attached hydrogens (tertiary/aromatic N) is 6. The summed E-state index contributed by atoms with van der Waals surface area (Å²) in [5.41, 5.74) is 6.95. The molecule has 5 N–H and O–H groups in total. The number of aliphatic hydroxyl groups is 2. The van der Waals surface area contributed by atoms with Crippen LogP contribution in [0.2, 0.25) is 0 Å². The van der Waals surface area contributed by atoms with Gasteiger partial charge in [-0.3, -0.25) is 9.36 Å². The van der Waals surface area contributed by atoms with Crippen LogP contribution in [-0.4, -0.2) is 116 Å². The van der Waals surface area contributed by atoms with Crippen molar-refractivity contribution in [1.29, 1.82) is 0 Å². The quantitative estimate of drug-likeness (QED) is 0.320. The summed E-state index contributed by atoms with van der Waals surface area (Å²) in [6.45, 7) is 3.96. The van der Waals surface area contributed by atoms with E-state index in [0.29, 0.717) is 54.9 Å². The van der Waals surface area contributed by atoms with E-state index in [1.54, 1.807) is 0 Å². The predicted molar refractivity (Wildman–Crippen MR) is 151 cm³/mol. The monoisotopic (exact) mass is 586 g/mol. The molecule has 14 heteroatoms. The smallest absolute Gasteiger partial charge is 0.409 e. The molecule has 4 aliphatic rings. The zero-order valence-electron chi connectivity index (χ0n) is 24.1. The molecular weight excluding hydrogens is 544 g/mol. The summed E-state index contributed by atoms with van der Waals surface area (Å²) in [4.78, 5) is 42.5. The van der Waals surface area contributed by atoms with Gasteiger partial charge < -0.3 is 40.5 Å². The molecule has 1 saturated carbocycles. The Morgan fingerprint density at radius 1 is 1.10 bits per heavy atom. The number of imidazole rings is 1. The first kappa shape index (κ1) is 29.0. The van der Waals surface area contributed by atoms with E-state index in [1.807, 2.05) is 4.90 Å². The molecule has 6 rings (SSSR count). The number of hydrogen-bond acceptors (Lipinski definition) is 11. The van der Waals surface area contributed by atoms with Crippen LogP contribution in [0.15, 0.2) is 6.33 Å². The van der Waals surface area contributed by atoms with Gasteiger partial charge in [-0.25, -0.2) is 19.7 Å². The van der Waals surface area contributed by atoms with Crippen LogP contribution < -0.4 is 11.1 Å². The summed E-state index contributed by atoms with van der Waals surface area (Å²) >= 11 is 0. The Bertz CT molecular complexity index is 1280. The number of likely N-dealkylation sites (tertiary alicyclic amines) is 2. The number of aliphatic hydroxyl groups excluding tert-OH is 2. The Kier molecular flexibility index (Phi) is 8.48. The maximum Gasteiger partial charge on any atom is 0.409 e. The Balaban J connectivity index is 1.00. The maximum atomic E-state index is 12.5. The van der Waals surface area contributed by atoms with Gasteiger partial charge in [0.15, 0.2) is 23.8 Å². The largest absolute Gasteiger partial charge is 0.449 e. The van der Waals surface area contributed by atoms with Crippen LogP contribution in [0.1, 0.15) is 57.0 Å². The number of aryl methyl sites for hydroxylation is 1. The lowest BCUT2D eigenvalue weighted by Crippen LogP contribution is -2.43. The lowest BCUT2D eigenvalue weighted by Gasteiger charge is -2.31. The van der Waals surface area contributed by atoms with Crippen molar-refractivity contribution in [2.45, 2.75) is 81.9 Å². The average Bonchev–Trinajstić information content (AvgIpc) is 3.39. The van der Waals surface area contributed by atoms with Crippen molar-refractivity contribution < 1.29 is 29.3 Å². The molecule has 0 radical (unpaired) electrons. The molecule has 0 spiro atoms. The third kappa shape index (κ3) is 6.31. The number of hydrogen-bond donors (Lipinski definition) is 4. The molecule has 3 aliphatic heterocycles. The zero-order chi connectivity index (χ0) is 29.4. The summed E-state index contributed by atoms with van der Waals surface area (Å²) in [5, 5.41) is 24.0. The maximum absolute atomic E-state index is 12.5. The van der Waals surface area contributed by atoms with Crippen LogP contribution in [0.5, 0.6) is 0 Å². The minimum absolute atomic E-state index is 0.103. The second kappa shape index (κ2) is 12.3.